The van der Waals surface area contributed by atoms with E-state index in [4.69, 9.17) is 4.74 Å². The van der Waals surface area contributed by atoms with Gasteiger partial charge in [0, 0.05) is 12.3 Å². The SMILES string of the molecule is C=C([C@H](O)[C@@H](O)/C=C(/C)COC(C)=O)[C@@H]1C[C@@H](O)[C@@]2(C)[C@@H]1[C@@H]1[C@H](C)CC[C@@H]12. The molecule has 0 aromatic heterocycles. The molecule has 27 heavy (non-hydrogen) atoms. The molecule has 0 aromatic rings. The first kappa shape index (κ1) is 20.6. The van der Waals surface area contributed by atoms with Crippen LogP contribution in [-0.4, -0.2) is 46.2 Å². The fourth-order valence-electron chi connectivity index (χ4n) is 6.38. The van der Waals surface area contributed by atoms with Crippen LogP contribution >= 0.6 is 0 Å². The van der Waals surface area contributed by atoms with Crippen molar-refractivity contribution in [3.05, 3.63) is 23.8 Å². The quantitative estimate of drug-likeness (QED) is 0.488. The van der Waals surface area contributed by atoms with E-state index in [0.29, 0.717) is 41.2 Å². The molecule has 0 radical (unpaired) electrons. The number of esters is 1. The van der Waals surface area contributed by atoms with Crippen molar-refractivity contribution in [2.75, 3.05) is 6.61 Å². The van der Waals surface area contributed by atoms with Gasteiger partial charge >= 0.3 is 5.97 Å². The monoisotopic (exact) mass is 378 g/mol. The summed E-state index contributed by atoms with van der Waals surface area (Å²) in [6.07, 6.45) is 1.95. The standard InChI is InChI=1S/C22H34O5/c1-11(10-27-14(4)23)8-17(24)21(26)13(3)15-9-18(25)22(5)16-7-6-12(2)19(16)20(15)22/h8,12,15-21,24-26H,3,6-7,9-10H2,1-2,4-5H3/b11-8-/t12-,15+,16+,17+,18-,19-,20+,21+,22+/m1/s1. The largest absolute Gasteiger partial charge is 0.461 e. The first-order chi connectivity index (χ1) is 12.6. The second-order valence-corrected chi connectivity index (χ2v) is 9.29. The van der Waals surface area contributed by atoms with E-state index in [1.165, 1.54) is 25.8 Å². The number of carbonyl (C=O) groups is 1. The molecular weight excluding hydrogens is 344 g/mol. The Bertz CT molecular complexity index is 641. The van der Waals surface area contributed by atoms with Gasteiger partial charge in [0.1, 0.15) is 18.8 Å². The van der Waals surface area contributed by atoms with Gasteiger partial charge in [0.2, 0.25) is 0 Å². The zero-order valence-corrected chi connectivity index (χ0v) is 16.9. The molecule has 3 saturated carbocycles. The van der Waals surface area contributed by atoms with E-state index in [1.54, 1.807) is 6.92 Å². The molecular formula is C22H34O5. The summed E-state index contributed by atoms with van der Waals surface area (Å²) >= 11 is 0. The number of aliphatic hydroxyl groups excluding tert-OH is 3. The molecule has 0 amide bonds. The Morgan fingerprint density at radius 2 is 2.00 bits per heavy atom. The molecule has 152 valence electrons. The molecule has 5 nitrogen and oxygen atoms in total. The maximum absolute atomic E-state index is 10.9. The van der Waals surface area contributed by atoms with Crippen molar-refractivity contribution < 1.29 is 24.9 Å². The third-order valence-electron chi connectivity index (χ3n) is 7.75. The normalized spacial score (nSPS) is 42.7. The van der Waals surface area contributed by atoms with Crippen LogP contribution in [0.2, 0.25) is 0 Å². The summed E-state index contributed by atoms with van der Waals surface area (Å²) in [4.78, 5) is 10.9. The van der Waals surface area contributed by atoms with Crippen LogP contribution in [0, 0.1) is 35.0 Å². The summed E-state index contributed by atoms with van der Waals surface area (Å²) in [6.45, 7) is 11.8. The summed E-state index contributed by atoms with van der Waals surface area (Å²) in [7, 11) is 0. The zero-order chi connectivity index (χ0) is 20.1. The first-order valence-corrected chi connectivity index (χ1v) is 10.1. The topological polar surface area (TPSA) is 87.0 Å². The van der Waals surface area contributed by atoms with Gasteiger partial charge in [-0.3, -0.25) is 4.79 Å². The summed E-state index contributed by atoms with van der Waals surface area (Å²) in [5.74, 6) is 1.76. The Labute approximate surface area is 162 Å². The number of ether oxygens (including phenoxy) is 1. The third kappa shape index (κ3) is 3.28. The van der Waals surface area contributed by atoms with Crippen LogP contribution in [0.5, 0.6) is 0 Å². The number of aliphatic hydroxyl groups is 3. The van der Waals surface area contributed by atoms with Gasteiger partial charge in [-0.2, -0.15) is 0 Å². The van der Waals surface area contributed by atoms with E-state index >= 15 is 0 Å². The van der Waals surface area contributed by atoms with Crippen LogP contribution in [0.3, 0.4) is 0 Å². The van der Waals surface area contributed by atoms with Gasteiger partial charge < -0.3 is 20.1 Å². The number of fused-ring (bicyclic) bond motifs is 4. The summed E-state index contributed by atoms with van der Waals surface area (Å²) in [5, 5.41) is 31.9. The third-order valence-corrected chi connectivity index (χ3v) is 7.75. The highest BCUT2D eigenvalue weighted by Gasteiger charge is 2.70. The summed E-state index contributed by atoms with van der Waals surface area (Å²) < 4.78 is 4.92. The Morgan fingerprint density at radius 1 is 1.33 bits per heavy atom. The number of hydrogen-bond acceptors (Lipinski definition) is 5. The molecule has 3 N–H and O–H groups in total. The predicted molar refractivity (Wildman–Crippen MR) is 103 cm³/mol. The second kappa shape index (κ2) is 7.34. The van der Waals surface area contributed by atoms with Gasteiger partial charge in [-0.25, -0.2) is 0 Å². The smallest absolute Gasteiger partial charge is 0.302 e. The van der Waals surface area contributed by atoms with Crippen molar-refractivity contribution in [1.82, 2.24) is 0 Å². The number of carbonyl (C=O) groups excluding carboxylic acids is 1. The van der Waals surface area contributed by atoms with Gasteiger partial charge in [-0.05, 0) is 60.5 Å². The molecule has 9 atom stereocenters. The van der Waals surface area contributed by atoms with Crippen molar-refractivity contribution >= 4 is 5.97 Å². The van der Waals surface area contributed by atoms with E-state index in [2.05, 4.69) is 20.4 Å². The fraction of sp³-hybridized carbons (Fsp3) is 0.773. The van der Waals surface area contributed by atoms with E-state index in [1.807, 2.05) is 0 Å². The van der Waals surface area contributed by atoms with Crippen molar-refractivity contribution in [2.24, 2.45) is 35.0 Å². The van der Waals surface area contributed by atoms with Crippen LogP contribution in [-0.2, 0) is 9.53 Å². The molecule has 0 bridgehead atoms. The molecule has 0 spiro atoms. The molecule has 0 saturated heterocycles. The highest BCUT2D eigenvalue weighted by molar-refractivity contribution is 5.66. The minimum atomic E-state index is -1.10. The van der Waals surface area contributed by atoms with E-state index in [0.717, 1.165) is 0 Å². The van der Waals surface area contributed by atoms with Crippen LogP contribution in [0.4, 0.5) is 0 Å². The molecule has 0 aliphatic heterocycles. The Morgan fingerprint density at radius 3 is 2.63 bits per heavy atom. The van der Waals surface area contributed by atoms with Gasteiger partial charge in [0.25, 0.3) is 0 Å². The number of hydrogen-bond donors (Lipinski definition) is 3. The van der Waals surface area contributed by atoms with E-state index in [-0.39, 0.29) is 30.0 Å². The molecule has 3 rings (SSSR count). The lowest BCUT2D eigenvalue weighted by Gasteiger charge is -2.58. The van der Waals surface area contributed by atoms with E-state index in [9.17, 15) is 20.1 Å². The van der Waals surface area contributed by atoms with Crippen molar-refractivity contribution in [3.63, 3.8) is 0 Å². The van der Waals surface area contributed by atoms with Crippen molar-refractivity contribution in [1.29, 1.82) is 0 Å². The predicted octanol–water partition coefficient (Wildman–Crippen LogP) is 2.45. The van der Waals surface area contributed by atoms with Crippen LogP contribution < -0.4 is 0 Å². The lowest BCUT2D eigenvalue weighted by Crippen LogP contribution is -2.57. The van der Waals surface area contributed by atoms with E-state index < -0.39 is 12.2 Å². The minimum Gasteiger partial charge on any atom is -0.461 e. The molecule has 0 heterocycles. The summed E-state index contributed by atoms with van der Waals surface area (Å²) in [6, 6.07) is 0. The lowest BCUT2D eigenvalue weighted by atomic mass is 9.46. The van der Waals surface area contributed by atoms with Gasteiger partial charge in [-0.15, -0.1) is 0 Å². The van der Waals surface area contributed by atoms with Crippen LogP contribution in [0.25, 0.3) is 0 Å². The average molecular weight is 379 g/mol. The fourth-order valence-corrected chi connectivity index (χ4v) is 6.38. The Kier molecular flexibility index (Phi) is 5.59. The summed E-state index contributed by atoms with van der Waals surface area (Å²) in [5.41, 5.74) is 1.20. The molecule has 5 heteroatoms. The molecule has 3 aliphatic carbocycles. The highest BCUT2D eigenvalue weighted by atomic mass is 16.5. The van der Waals surface area contributed by atoms with Gasteiger partial charge in [0.05, 0.1) is 6.10 Å². The maximum Gasteiger partial charge on any atom is 0.302 e. The Balaban J connectivity index is 1.70. The molecule has 0 aromatic carbocycles. The molecule has 3 fully saturated rings. The first-order valence-electron chi connectivity index (χ1n) is 10.1. The maximum atomic E-state index is 10.9. The second-order valence-electron chi connectivity index (χ2n) is 9.29. The molecule has 0 unspecified atom stereocenters. The Hall–Kier alpha value is -1.17. The number of rotatable bonds is 6. The minimum absolute atomic E-state index is 0.0265. The lowest BCUT2D eigenvalue weighted by molar-refractivity contribution is -0.144. The zero-order valence-electron chi connectivity index (χ0n) is 16.9. The van der Waals surface area contributed by atoms with Crippen LogP contribution in [0.1, 0.15) is 47.0 Å². The van der Waals surface area contributed by atoms with Gasteiger partial charge in [-0.1, -0.05) is 32.9 Å². The van der Waals surface area contributed by atoms with Crippen molar-refractivity contribution in [2.45, 2.75) is 65.3 Å². The molecule has 3 aliphatic rings. The van der Waals surface area contributed by atoms with Crippen LogP contribution in [0.15, 0.2) is 23.8 Å². The van der Waals surface area contributed by atoms with Gasteiger partial charge in [0.15, 0.2) is 0 Å². The average Bonchev–Trinajstić information content (AvgIpc) is 3.04. The highest BCUT2D eigenvalue weighted by Crippen LogP contribution is 2.73. The van der Waals surface area contributed by atoms with Crippen molar-refractivity contribution in [3.8, 4) is 0 Å².